The van der Waals surface area contributed by atoms with E-state index in [0.717, 1.165) is 16.8 Å². The third-order valence-corrected chi connectivity index (χ3v) is 4.03. The summed E-state index contributed by atoms with van der Waals surface area (Å²) in [5.74, 6) is -0.294. The number of hydrogen-bond donors (Lipinski definition) is 1. The first-order valence-corrected chi connectivity index (χ1v) is 7.06. The first-order valence-electron chi connectivity index (χ1n) is 6.68. The van der Waals surface area contributed by atoms with E-state index in [4.69, 9.17) is 16.8 Å². The first-order chi connectivity index (χ1) is 10.2. The molecule has 2 aromatic rings. The van der Waals surface area contributed by atoms with Crippen LogP contribution in [0.1, 0.15) is 17.5 Å². The molecule has 0 unspecified atom stereocenters. The van der Waals surface area contributed by atoms with Crippen LogP contribution >= 0.6 is 11.6 Å². The van der Waals surface area contributed by atoms with E-state index in [2.05, 4.69) is 10.1 Å². The van der Waals surface area contributed by atoms with Gasteiger partial charge in [0.25, 0.3) is 0 Å². The molecule has 2 aromatic carbocycles. The second-order valence-corrected chi connectivity index (χ2v) is 5.38. The quantitative estimate of drug-likeness (QED) is 0.670. The van der Waals surface area contributed by atoms with Crippen molar-refractivity contribution in [3.8, 4) is 0 Å². The van der Waals surface area contributed by atoms with Gasteiger partial charge in [0, 0.05) is 35.8 Å². The fourth-order valence-electron chi connectivity index (χ4n) is 2.63. The van der Waals surface area contributed by atoms with E-state index in [9.17, 15) is 4.39 Å². The summed E-state index contributed by atoms with van der Waals surface area (Å²) in [5.41, 5.74) is 3.29. The molecule has 1 aliphatic heterocycles. The molecule has 5 heteroatoms. The van der Waals surface area contributed by atoms with Crippen LogP contribution in [-0.4, -0.2) is 17.5 Å². The van der Waals surface area contributed by atoms with Gasteiger partial charge < -0.3 is 10.1 Å². The summed E-state index contributed by atoms with van der Waals surface area (Å²) in [4.78, 5) is 2.12. The Hall–Kier alpha value is -2.07. The van der Waals surface area contributed by atoms with Crippen LogP contribution in [0.25, 0.3) is 0 Å². The average Bonchev–Trinajstić information content (AvgIpc) is 2.51. The van der Waals surface area contributed by atoms with Gasteiger partial charge in [-0.3, -0.25) is 0 Å². The van der Waals surface area contributed by atoms with Crippen molar-refractivity contribution in [3.05, 3.63) is 64.4 Å². The number of halogens is 2. The highest BCUT2D eigenvalue weighted by atomic mass is 35.5. The van der Waals surface area contributed by atoms with Crippen LogP contribution in [0.4, 0.5) is 10.1 Å². The molecule has 0 aromatic heterocycles. The molecule has 21 heavy (non-hydrogen) atoms. The van der Waals surface area contributed by atoms with Crippen molar-refractivity contribution < 1.29 is 9.60 Å². The fraction of sp³-hybridized carbons (Fsp3) is 0.188. The van der Waals surface area contributed by atoms with Gasteiger partial charge in [-0.05, 0) is 29.8 Å². The number of oxime groups is 1. The summed E-state index contributed by atoms with van der Waals surface area (Å²) in [6, 6.07) is 12.1. The standard InChI is InChI=1S/C16H14ClFN2O/c17-14-6-5-12(18)9-11(14)10-20-8-7-15(19-21)13-3-1-2-4-16(13)20/h1-6,9,21H,7-8,10H2/b19-15-. The molecule has 0 aliphatic carbocycles. The molecule has 1 N–H and O–H groups in total. The smallest absolute Gasteiger partial charge is 0.123 e. The monoisotopic (exact) mass is 304 g/mol. The van der Waals surface area contributed by atoms with Crippen molar-refractivity contribution in [3.63, 3.8) is 0 Å². The van der Waals surface area contributed by atoms with E-state index < -0.39 is 0 Å². The van der Waals surface area contributed by atoms with Gasteiger partial charge in [-0.2, -0.15) is 0 Å². The van der Waals surface area contributed by atoms with Crippen LogP contribution in [-0.2, 0) is 6.54 Å². The summed E-state index contributed by atoms with van der Waals surface area (Å²) < 4.78 is 13.4. The minimum absolute atomic E-state index is 0.294. The Morgan fingerprint density at radius 1 is 1.24 bits per heavy atom. The molecular formula is C16H14ClFN2O. The van der Waals surface area contributed by atoms with Crippen LogP contribution in [0.5, 0.6) is 0 Å². The Kier molecular flexibility index (Phi) is 3.80. The van der Waals surface area contributed by atoms with Gasteiger partial charge in [0.15, 0.2) is 0 Å². The summed E-state index contributed by atoms with van der Waals surface area (Å²) in [5, 5.41) is 13.0. The van der Waals surface area contributed by atoms with E-state index >= 15 is 0 Å². The number of para-hydroxylation sites is 1. The molecule has 0 saturated carbocycles. The zero-order chi connectivity index (χ0) is 14.8. The highest BCUT2D eigenvalue weighted by Gasteiger charge is 2.22. The molecule has 108 valence electrons. The highest BCUT2D eigenvalue weighted by molar-refractivity contribution is 6.31. The summed E-state index contributed by atoms with van der Waals surface area (Å²) in [7, 11) is 0. The number of fused-ring (bicyclic) bond motifs is 1. The van der Waals surface area contributed by atoms with Crippen LogP contribution in [0.2, 0.25) is 5.02 Å². The Labute approximate surface area is 127 Å². The van der Waals surface area contributed by atoms with Gasteiger partial charge >= 0.3 is 0 Å². The van der Waals surface area contributed by atoms with Crippen molar-refractivity contribution in [2.24, 2.45) is 5.16 Å². The molecule has 3 nitrogen and oxygen atoms in total. The molecule has 3 rings (SSSR count). The molecule has 1 heterocycles. The minimum Gasteiger partial charge on any atom is -0.411 e. The van der Waals surface area contributed by atoms with Gasteiger partial charge in [-0.15, -0.1) is 0 Å². The van der Waals surface area contributed by atoms with Crippen LogP contribution in [0.15, 0.2) is 47.6 Å². The van der Waals surface area contributed by atoms with Gasteiger partial charge in [0.1, 0.15) is 5.82 Å². The van der Waals surface area contributed by atoms with Crippen molar-refractivity contribution in [1.82, 2.24) is 0 Å². The third kappa shape index (κ3) is 2.72. The molecule has 0 radical (unpaired) electrons. The number of nitrogens with zero attached hydrogens (tertiary/aromatic N) is 2. The maximum atomic E-state index is 13.4. The zero-order valence-corrected chi connectivity index (χ0v) is 12.0. The number of benzene rings is 2. The molecule has 0 saturated heterocycles. The van der Waals surface area contributed by atoms with Crippen LogP contribution in [0.3, 0.4) is 0 Å². The van der Waals surface area contributed by atoms with Crippen molar-refractivity contribution in [1.29, 1.82) is 0 Å². The molecule has 0 fully saturated rings. The summed E-state index contributed by atoms with van der Waals surface area (Å²) in [6.45, 7) is 1.22. The van der Waals surface area contributed by atoms with Crippen molar-refractivity contribution in [2.45, 2.75) is 13.0 Å². The van der Waals surface area contributed by atoms with E-state index in [0.29, 0.717) is 30.2 Å². The largest absolute Gasteiger partial charge is 0.411 e. The zero-order valence-electron chi connectivity index (χ0n) is 11.3. The van der Waals surface area contributed by atoms with E-state index in [1.807, 2.05) is 24.3 Å². The second-order valence-electron chi connectivity index (χ2n) is 4.97. The Balaban J connectivity index is 1.95. The van der Waals surface area contributed by atoms with Crippen molar-refractivity contribution in [2.75, 3.05) is 11.4 Å². The predicted molar refractivity (Wildman–Crippen MR) is 81.8 cm³/mol. The van der Waals surface area contributed by atoms with Gasteiger partial charge in [0.2, 0.25) is 0 Å². The number of hydrogen-bond acceptors (Lipinski definition) is 3. The minimum atomic E-state index is -0.294. The predicted octanol–water partition coefficient (Wildman–Crippen LogP) is 4.07. The Morgan fingerprint density at radius 3 is 2.86 bits per heavy atom. The molecule has 0 spiro atoms. The summed E-state index contributed by atoms with van der Waals surface area (Å²) in [6.07, 6.45) is 0.639. The van der Waals surface area contributed by atoms with E-state index in [1.54, 1.807) is 6.07 Å². The third-order valence-electron chi connectivity index (χ3n) is 3.66. The Morgan fingerprint density at radius 2 is 2.05 bits per heavy atom. The lowest BCUT2D eigenvalue weighted by atomic mass is 9.99. The molecule has 1 aliphatic rings. The van der Waals surface area contributed by atoms with E-state index in [1.165, 1.54) is 12.1 Å². The van der Waals surface area contributed by atoms with Crippen LogP contribution in [0, 0.1) is 5.82 Å². The molecular weight excluding hydrogens is 291 g/mol. The number of anilines is 1. The fourth-order valence-corrected chi connectivity index (χ4v) is 2.80. The Bertz CT molecular complexity index is 702. The second kappa shape index (κ2) is 5.74. The topological polar surface area (TPSA) is 35.8 Å². The lowest BCUT2D eigenvalue weighted by Gasteiger charge is -2.31. The maximum absolute atomic E-state index is 13.4. The molecule has 0 atom stereocenters. The van der Waals surface area contributed by atoms with E-state index in [-0.39, 0.29) is 5.82 Å². The highest BCUT2D eigenvalue weighted by Crippen LogP contribution is 2.30. The average molecular weight is 305 g/mol. The SMILES string of the molecule is O/N=C1/CCN(Cc2cc(F)ccc2Cl)c2ccccc21. The van der Waals surface area contributed by atoms with Crippen LogP contribution < -0.4 is 4.90 Å². The number of rotatable bonds is 2. The summed E-state index contributed by atoms with van der Waals surface area (Å²) >= 11 is 6.14. The van der Waals surface area contributed by atoms with Gasteiger partial charge in [-0.25, -0.2) is 4.39 Å². The normalized spacial score (nSPS) is 16.1. The van der Waals surface area contributed by atoms with Gasteiger partial charge in [0.05, 0.1) is 5.71 Å². The molecule has 0 amide bonds. The first kappa shape index (κ1) is 13.9. The van der Waals surface area contributed by atoms with Crippen molar-refractivity contribution >= 4 is 23.0 Å². The lowest BCUT2D eigenvalue weighted by Crippen LogP contribution is -2.32. The molecule has 0 bridgehead atoms. The lowest BCUT2D eigenvalue weighted by molar-refractivity contribution is 0.317. The maximum Gasteiger partial charge on any atom is 0.123 e. The van der Waals surface area contributed by atoms with Gasteiger partial charge in [-0.1, -0.05) is 35.0 Å².